The molecule has 0 radical (unpaired) electrons. The summed E-state index contributed by atoms with van der Waals surface area (Å²) in [5, 5.41) is 3.21. The van der Waals surface area contributed by atoms with Crippen molar-refractivity contribution in [2.45, 2.75) is 13.0 Å². The van der Waals surface area contributed by atoms with Gasteiger partial charge in [0.2, 0.25) is 5.91 Å². The minimum Gasteiger partial charge on any atom is -0.396 e. The molecule has 14 heavy (non-hydrogen) atoms. The van der Waals surface area contributed by atoms with Crippen LogP contribution in [-0.2, 0) is 4.79 Å². The van der Waals surface area contributed by atoms with Gasteiger partial charge in [-0.15, -0.1) is 0 Å². The first kappa shape index (κ1) is 10.6. The van der Waals surface area contributed by atoms with E-state index in [1.165, 1.54) is 6.20 Å². The van der Waals surface area contributed by atoms with Gasteiger partial charge in [-0.3, -0.25) is 4.79 Å². The number of carbonyl (C=O) groups excluding carboxylic acids is 1. The number of rotatable bonds is 3. The van der Waals surface area contributed by atoms with Gasteiger partial charge in [-0.2, -0.15) is 0 Å². The molecule has 1 aromatic heterocycles. The van der Waals surface area contributed by atoms with Crippen LogP contribution in [0.1, 0.15) is 6.92 Å². The number of hydrogen-bond acceptors (Lipinski definition) is 4. The summed E-state index contributed by atoms with van der Waals surface area (Å²) >= 11 is 5.65. The van der Waals surface area contributed by atoms with E-state index in [-0.39, 0.29) is 0 Å². The molecule has 1 aromatic rings. The maximum atomic E-state index is 10.7. The largest absolute Gasteiger partial charge is 0.396 e. The highest BCUT2D eigenvalue weighted by atomic mass is 35.5. The second-order valence-corrected chi connectivity index (χ2v) is 3.30. The van der Waals surface area contributed by atoms with Gasteiger partial charge in [0.25, 0.3) is 0 Å². The first-order chi connectivity index (χ1) is 6.50. The average molecular weight is 215 g/mol. The molecule has 5 nitrogen and oxygen atoms in total. The summed E-state index contributed by atoms with van der Waals surface area (Å²) in [7, 11) is 0. The lowest BCUT2D eigenvalue weighted by molar-refractivity contribution is -0.118. The fourth-order valence-electron chi connectivity index (χ4n) is 0.852. The fraction of sp³-hybridized carbons (Fsp3) is 0.250. The third-order valence-corrected chi connectivity index (χ3v) is 1.87. The standard InChI is InChI=1S/C8H11ClN4O/c1-4(7(11)14)13-8-6(10)2-5(9)3-12-8/h2-4H,10H2,1H3,(H2,11,14)(H,12,13). The zero-order valence-corrected chi connectivity index (χ0v) is 8.38. The van der Waals surface area contributed by atoms with E-state index in [9.17, 15) is 4.79 Å². The SMILES string of the molecule is CC(Nc1ncc(Cl)cc1N)C(N)=O. The van der Waals surface area contributed by atoms with Gasteiger partial charge in [0, 0.05) is 6.20 Å². The van der Waals surface area contributed by atoms with Crippen LogP contribution in [-0.4, -0.2) is 16.9 Å². The van der Waals surface area contributed by atoms with E-state index in [0.29, 0.717) is 16.5 Å². The summed E-state index contributed by atoms with van der Waals surface area (Å²) < 4.78 is 0. The Morgan fingerprint density at radius 1 is 1.71 bits per heavy atom. The molecule has 1 atom stereocenters. The van der Waals surface area contributed by atoms with Crippen molar-refractivity contribution in [2.24, 2.45) is 5.73 Å². The lowest BCUT2D eigenvalue weighted by Crippen LogP contribution is -2.33. The van der Waals surface area contributed by atoms with Gasteiger partial charge in [-0.1, -0.05) is 11.6 Å². The van der Waals surface area contributed by atoms with Crippen LogP contribution in [0, 0.1) is 0 Å². The highest BCUT2D eigenvalue weighted by molar-refractivity contribution is 6.30. The summed E-state index contributed by atoms with van der Waals surface area (Å²) in [5.74, 6) is -0.0677. The van der Waals surface area contributed by atoms with E-state index >= 15 is 0 Å². The van der Waals surface area contributed by atoms with Gasteiger partial charge in [0.05, 0.1) is 10.7 Å². The molecule has 5 N–H and O–H groups in total. The Morgan fingerprint density at radius 3 is 2.86 bits per heavy atom. The Hall–Kier alpha value is -1.49. The predicted molar refractivity (Wildman–Crippen MR) is 55.9 cm³/mol. The molecule has 1 rings (SSSR count). The van der Waals surface area contributed by atoms with Crippen molar-refractivity contribution in [2.75, 3.05) is 11.1 Å². The third-order valence-electron chi connectivity index (χ3n) is 1.66. The first-order valence-electron chi connectivity index (χ1n) is 3.97. The van der Waals surface area contributed by atoms with Crippen molar-refractivity contribution in [1.82, 2.24) is 4.98 Å². The van der Waals surface area contributed by atoms with Gasteiger partial charge in [0.1, 0.15) is 11.9 Å². The number of halogens is 1. The lowest BCUT2D eigenvalue weighted by atomic mass is 10.3. The lowest BCUT2D eigenvalue weighted by Gasteiger charge is -2.12. The summed E-state index contributed by atoms with van der Waals surface area (Å²) in [6.45, 7) is 1.62. The van der Waals surface area contributed by atoms with E-state index in [4.69, 9.17) is 23.1 Å². The van der Waals surface area contributed by atoms with Crippen molar-refractivity contribution in [1.29, 1.82) is 0 Å². The van der Waals surface area contributed by atoms with Gasteiger partial charge in [-0.25, -0.2) is 4.98 Å². The second-order valence-electron chi connectivity index (χ2n) is 2.86. The number of hydrogen-bond donors (Lipinski definition) is 3. The van der Waals surface area contributed by atoms with Crippen molar-refractivity contribution < 1.29 is 4.79 Å². The van der Waals surface area contributed by atoms with Crippen molar-refractivity contribution in [3.63, 3.8) is 0 Å². The Balaban J connectivity index is 2.82. The molecular weight excluding hydrogens is 204 g/mol. The number of nitrogen functional groups attached to an aromatic ring is 1. The van der Waals surface area contributed by atoms with Crippen molar-refractivity contribution in [3.8, 4) is 0 Å². The summed E-state index contributed by atoms with van der Waals surface area (Å²) in [4.78, 5) is 14.7. The Morgan fingerprint density at radius 2 is 2.36 bits per heavy atom. The molecule has 0 fully saturated rings. The maximum absolute atomic E-state index is 10.7. The molecule has 76 valence electrons. The molecule has 0 bridgehead atoms. The van der Waals surface area contributed by atoms with E-state index in [1.807, 2.05) is 0 Å². The van der Waals surface area contributed by atoms with Crippen LogP contribution in [0.25, 0.3) is 0 Å². The number of nitrogens with zero attached hydrogens (tertiary/aromatic N) is 1. The third kappa shape index (κ3) is 2.50. The quantitative estimate of drug-likeness (QED) is 0.687. The molecular formula is C8H11ClN4O. The topological polar surface area (TPSA) is 94.0 Å². The molecule has 1 unspecified atom stereocenters. The summed E-state index contributed by atoms with van der Waals surface area (Å²) in [5.41, 5.74) is 11.1. The number of amides is 1. The Kier molecular flexibility index (Phi) is 3.14. The van der Waals surface area contributed by atoms with Crippen LogP contribution < -0.4 is 16.8 Å². The number of primary amides is 1. The van der Waals surface area contributed by atoms with E-state index in [0.717, 1.165) is 0 Å². The number of pyridine rings is 1. The summed E-state index contributed by atoms with van der Waals surface area (Å²) in [6, 6.07) is 1.02. The first-order valence-corrected chi connectivity index (χ1v) is 4.35. The zero-order valence-electron chi connectivity index (χ0n) is 7.62. The minimum atomic E-state index is -0.522. The van der Waals surface area contributed by atoms with Crippen LogP contribution in [0.2, 0.25) is 5.02 Å². The van der Waals surface area contributed by atoms with Crippen LogP contribution >= 0.6 is 11.6 Å². The highest BCUT2D eigenvalue weighted by Gasteiger charge is 2.10. The van der Waals surface area contributed by atoms with E-state index in [2.05, 4.69) is 10.3 Å². The molecule has 0 aliphatic carbocycles. The number of nitrogens with two attached hydrogens (primary N) is 2. The van der Waals surface area contributed by atoms with Crippen LogP contribution in [0.3, 0.4) is 0 Å². The Bertz CT molecular complexity index is 355. The number of nitrogens with one attached hydrogen (secondary N) is 1. The minimum absolute atomic E-state index is 0.380. The van der Waals surface area contributed by atoms with Crippen molar-refractivity contribution in [3.05, 3.63) is 17.3 Å². The molecule has 1 amide bonds. The second kappa shape index (κ2) is 4.15. The maximum Gasteiger partial charge on any atom is 0.239 e. The average Bonchev–Trinajstić information content (AvgIpc) is 2.09. The number of anilines is 2. The van der Waals surface area contributed by atoms with E-state index < -0.39 is 11.9 Å². The van der Waals surface area contributed by atoms with Gasteiger partial charge in [0.15, 0.2) is 0 Å². The molecule has 0 aromatic carbocycles. The predicted octanol–water partition coefficient (Wildman–Crippen LogP) is 0.603. The van der Waals surface area contributed by atoms with Crippen LogP contribution in [0.5, 0.6) is 0 Å². The molecule has 6 heteroatoms. The van der Waals surface area contributed by atoms with E-state index in [1.54, 1.807) is 13.0 Å². The molecule has 0 spiro atoms. The van der Waals surface area contributed by atoms with Crippen LogP contribution in [0.4, 0.5) is 11.5 Å². The monoisotopic (exact) mass is 214 g/mol. The smallest absolute Gasteiger partial charge is 0.239 e. The fourth-order valence-corrected chi connectivity index (χ4v) is 1.02. The van der Waals surface area contributed by atoms with Gasteiger partial charge < -0.3 is 16.8 Å². The number of aromatic nitrogens is 1. The molecule has 0 saturated heterocycles. The molecule has 1 heterocycles. The molecule has 0 aliphatic heterocycles. The molecule has 0 aliphatic rings. The number of carbonyl (C=O) groups is 1. The van der Waals surface area contributed by atoms with Gasteiger partial charge in [-0.05, 0) is 13.0 Å². The normalized spacial score (nSPS) is 12.1. The molecule has 0 saturated carbocycles. The van der Waals surface area contributed by atoms with Gasteiger partial charge >= 0.3 is 0 Å². The van der Waals surface area contributed by atoms with Crippen LogP contribution in [0.15, 0.2) is 12.3 Å². The Labute approximate surface area is 86.4 Å². The summed E-state index contributed by atoms with van der Waals surface area (Å²) in [6.07, 6.45) is 1.44. The zero-order chi connectivity index (χ0) is 10.7. The highest BCUT2D eigenvalue weighted by Crippen LogP contribution is 2.19. The van der Waals surface area contributed by atoms with Crippen molar-refractivity contribution >= 4 is 29.0 Å².